The van der Waals surface area contributed by atoms with Crippen LogP contribution in [0.4, 0.5) is 11.5 Å². The molecular formula is C20H23N3O4. The van der Waals surface area contributed by atoms with E-state index in [1.165, 1.54) is 0 Å². The standard InChI is InChI=1S/C20H23N3O4/c1-2-18(24)15-3-6-17(7-4-15)27-14-20(25)22-16-5-8-19(21-13-16)23-9-11-26-12-10-23/h3-8,13H,2,9-12,14H2,1H3,(H,22,25). The number of morpholine rings is 1. The lowest BCUT2D eigenvalue weighted by molar-refractivity contribution is -0.118. The summed E-state index contributed by atoms with van der Waals surface area (Å²) in [5.41, 5.74) is 1.25. The van der Waals surface area contributed by atoms with Crippen LogP contribution in [0.3, 0.4) is 0 Å². The number of ether oxygens (including phenoxy) is 2. The quantitative estimate of drug-likeness (QED) is 0.756. The van der Waals surface area contributed by atoms with Crippen molar-refractivity contribution in [2.45, 2.75) is 13.3 Å². The number of benzene rings is 1. The molecule has 1 saturated heterocycles. The molecule has 1 fully saturated rings. The van der Waals surface area contributed by atoms with Crippen molar-refractivity contribution in [2.75, 3.05) is 43.1 Å². The van der Waals surface area contributed by atoms with Gasteiger partial charge >= 0.3 is 0 Å². The number of pyridine rings is 1. The van der Waals surface area contributed by atoms with Crippen LogP contribution in [0.25, 0.3) is 0 Å². The van der Waals surface area contributed by atoms with Gasteiger partial charge in [-0.1, -0.05) is 6.92 Å². The van der Waals surface area contributed by atoms with E-state index in [0.717, 1.165) is 18.9 Å². The van der Waals surface area contributed by atoms with Gasteiger partial charge < -0.3 is 19.7 Å². The molecule has 2 aromatic rings. The van der Waals surface area contributed by atoms with Crippen LogP contribution in [-0.2, 0) is 9.53 Å². The number of anilines is 2. The molecule has 7 nitrogen and oxygen atoms in total. The summed E-state index contributed by atoms with van der Waals surface area (Å²) >= 11 is 0. The molecule has 1 aliphatic rings. The van der Waals surface area contributed by atoms with Crippen molar-refractivity contribution in [2.24, 2.45) is 0 Å². The number of amides is 1. The van der Waals surface area contributed by atoms with E-state index in [9.17, 15) is 9.59 Å². The maximum absolute atomic E-state index is 12.0. The summed E-state index contributed by atoms with van der Waals surface area (Å²) in [5.74, 6) is 1.21. The maximum atomic E-state index is 12.0. The van der Waals surface area contributed by atoms with E-state index < -0.39 is 0 Å². The van der Waals surface area contributed by atoms with Crippen LogP contribution in [0.1, 0.15) is 23.7 Å². The maximum Gasteiger partial charge on any atom is 0.262 e. The van der Waals surface area contributed by atoms with Crippen LogP contribution in [0.15, 0.2) is 42.6 Å². The zero-order chi connectivity index (χ0) is 19.1. The van der Waals surface area contributed by atoms with E-state index in [4.69, 9.17) is 9.47 Å². The van der Waals surface area contributed by atoms with Crippen LogP contribution < -0.4 is 15.0 Å². The van der Waals surface area contributed by atoms with Gasteiger partial charge in [0.25, 0.3) is 5.91 Å². The molecule has 7 heteroatoms. The Morgan fingerprint density at radius 3 is 2.52 bits per heavy atom. The molecule has 1 aromatic carbocycles. The topological polar surface area (TPSA) is 80.8 Å². The highest BCUT2D eigenvalue weighted by Gasteiger charge is 2.12. The first kappa shape index (κ1) is 18.8. The predicted octanol–water partition coefficient (Wildman–Crippen LogP) is 2.53. The number of nitrogens with one attached hydrogen (secondary N) is 1. The minimum absolute atomic E-state index is 0.0762. The molecule has 1 amide bonds. The molecule has 0 spiro atoms. The Morgan fingerprint density at radius 1 is 1.15 bits per heavy atom. The van der Waals surface area contributed by atoms with E-state index >= 15 is 0 Å². The summed E-state index contributed by atoms with van der Waals surface area (Å²) in [4.78, 5) is 30.2. The Balaban J connectivity index is 1.48. The number of carbonyl (C=O) groups is 2. The molecule has 0 atom stereocenters. The highest BCUT2D eigenvalue weighted by atomic mass is 16.5. The minimum Gasteiger partial charge on any atom is -0.484 e. The summed E-state index contributed by atoms with van der Waals surface area (Å²) in [6.45, 7) is 4.73. The molecule has 0 saturated carbocycles. The van der Waals surface area contributed by atoms with Crippen molar-refractivity contribution in [1.29, 1.82) is 0 Å². The van der Waals surface area contributed by atoms with Crippen molar-refractivity contribution >= 4 is 23.2 Å². The van der Waals surface area contributed by atoms with Crippen LogP contribution in [-0.4, -0.2) is 49.6 Å². The van der Waals surface area contributed by atoms with Crippen molar-refractivity contribution in [3.63, 3.8) is 0 Å². The van der Waals surface area contributed by atoms with Crippen molar-refractivity contribution < 1.29 is 19.1 Å². The average Bonchev–Trinajstić information content (AvgIpc) is 2.73. The summed E-state index contributed by atoms with van der Waals surface area (Å²) in [6.07, 6.45) is 2.09. The van der Waals surface area contributed by atoms with E-state index in [1.807, 2.05) is 19.1 Å². The molecule has 0 radical (unpaired) electrons. The highest BCUT2D eigenvalue weighted by Crippen LogP contribution is 2.16. The summed E-state index contributed by atoms with van der Waals surface area (Å²) in [5, 5.41) is 2.76. The molecule has 0 aliphatic carbocycles. The van der Waals surface area contributed by atoms with Gasteiger partial charge in [-0.05, 0) is 36.4 Å². The Labute approximate surface area is 158 Å². The molecule has 1 aliphatic heterocycles. The molecule has 1 N–H and O–H groups in total. The first-order valence-electron chi connectivity index (χ1n) is 9.00. The van der Waals surface area contributed by atoms with Gasteiger partial charge in [0.05, 0.1) is 25.1 Å². The third-order valence-electron chi connectivity index (χ3n) is 4.23. The lowest BCUT2D eigenvalue weighted by Gasteiger charge is -2.27. The molecule has 3 rings (SSSR count). The van der Waals surface area contributed by atoms with Crippen LogP contribution >= 0.6 is 0 Å². The van der Waals surface area contributed by atoms with Crippen LogP contribution in [0.2, 0.25) is 0 Å². The first-order chi connectivity index (χ1) is 13.2. The van der Waals surface area contributed by atoms with Crippen molar-refractivity contribution in [1.82, 2.24) is 4.98 Å². The Morgan fingerprint density at radius 2 is 1.89 bits per heavy atom. The van der Waals surface area contributed by atoms with Crippen LogP contribution in [0, 0.1) is 0 Å². The Kier molecular flexibility index (Phi) is 6.38. The molecule has 0 unspecified atom stereocenters. The first-order valence-corrected chi connectivity index (χ1v) is 9.00. The van der Waals surface area contributed by atoms with Gasteiger partial charge in [-0.25, -0.2) is 4.98 Å². The number of aromatic nitrogens is 1. The molecule has 1 aromatic heterocycles. The van der Waals surface area contributed by atoms with Gasteiger partial charge in [0.15, 0.2) is 12.4 Å². The smallest absolute Gasteiger partial charge is 0.262 e. The number of nitrogens with zero attached hydrogens (tertiary/aromatic N) is 2. The van der Waals surface area contributed by atoms with E-state index in [-0.39, 0.29) is 18.3 Å². The number of hydrogen-bond acceptors (Lipinski definition) is 6. The summed E-state index contributed by atoms with van der Waals surface area (Å²) in [6, 6.07) is 10.5. The third kappa shape index (κ3) is 5.27. The van der Waals surface area contributed by atoms with Gasteiger partial charge in [-0.3, -0.25) is 9.59 Å². The number of carbonyl (C=O) groups excluding carboxylic acids is 2. The van der Waals surface area contributed by atoms with Gasteiger partial charge in [0.1, 0.15) is 11.6 Å². The highest BCUT2D eigenvalue weighted by molar-refractivity contribution is 5.96. The van der Waals surface area contributed by atoms with E-state index in [2.05, 4.69) is 15.2 Å². The van der Waals surface area contributed by atoms with Gasteiger partial charge in [0, 0.05) is 25.1 Å². The third-order valence-corrected chi connectivity index (χ3v) is 4.23. The molecular weight excluding hydrogens is 346 g/mol. The second-order valence-corrected chi connectivity index (χ2v) is 6.14. The zero-order valence-electron chi connectivity index (χ0n) is 15.3. The lowest BCUT2D eigenvalue weighted by Crippen LogP contribution is -2.36. The fraction of sp³-hybridized carbons (Fsp3) is 0.350. The van der Waals surface area contributed by atoms with E-state index in [0.29, 0.717) is 36.6 Å². The molecule has 27 heavy (non-hydrogen) atoms. The SMILES string of the molecule is CCC(=O)c1ccc(OCC(=O)Nc2ccc(N3CCOCC3)nc2)cc1. The molecule has 0 bridgehead atoms. The normalized spacial score (nSPS) is 13.9. The molecule has 2 heterocycles. The zero-order valence-corrected chi connectivity index (χ0v) is 15.3. The van der Waals surface area contributed by atoms with Gasteiger partial charge in [-0.2, -0.15) is 0 Å². The fourth-order valence-electron chi connectivity index (χ4n) is 2.73. The van der Waals surface area contributed by atoms with Crippen molar-refractivity contribution in [3.05, 3.63) is 48.2 Å². The van der Waals surface area contributed by atoms with E-state index in [1.54, 1.807) is 30.5 Å². The Bertz CT molecular complexity index is 769. The summed E-state index contributed by atoms with van der Waals surface area (Å²) in [7, 11) is 0. The lowest BCUT2D eigenvalue weighted by atomic mass is 10.1. The average molecular weight is 369 g/mol. The number of hydrogen-bond donors (Lipinski definition) is 1. The summed E-state index contributed by atoms with van der Waals surface area (Å²) < 4.78 is 10.8. The fourth-order valence-corrected chi connectivity index (χ4v) is 2.73. The second kappa shape index (κ2) is 9.14. The monoisotopic (exact) mass is 369 g/mol. The van der Waals surface area contributed by atoms with Gasteiger partial charge in [0.2, 0.25) is 0 Å². The second-order valence-electron chi connectivity index (χ2n) is 6.14. The molecule has 142 valence electrons. The number of Topliss-reactive ketones (excluding diaryl/α,β-unsaturated/α-hetero) is 1. The van der Waals surface area contributed by atoms with Gasteiger partial charge in [-0.15, -0.1) is 0 Å². The predicted molar refractivity (Wildman–Crippen MR) is 102 cm³/mol. The van der Waals surface area contributed by atoms with Crippen LogP contribution in [0.5, 0.6) is 5.75 Å². The number of rotatable bonds is 7. The van der Waals surface area contributed by atoms with Crippen molar-refractivity contribution in [3.8, 4) is 5.75 Å². The number of ketones is 1. The Hall–Kier alpha value is -2.93. The largest absolute Gasteiger partial charge is 0.484 e. The minimum atomic E-state index is -0.273.